The molecule has 0 spiro atoms. The van der Waals surface area contributed by atoms with Crippen LogP contribution in [0.1, 0.15) is 80.0 Å². The van der Waals surface area contributed by atoms with Crippen LogP contribution in [0, 0.1) is 0 Å². The second-order valence-corrected chi connectivity index (χ2v) is 15.6. The SMILES string of the molecule is C=CC(=O)OCCCCCCOc1ccc(C(=O)Oc2ccc(OCCOC(=O)c3cc(OC(=O)c4ccc(OCCCOC(=O)C=C)cc4)ccc3OC(=O)c3ccc(OCCCOC(=O)C=C)cc3)cc2)cc1. The van der Waals surface area contributed by atoms with Crippen molar-refractivity contribution in [1.29, 1.82) is 0 Å². The fraction of sp³-hybridized carbons (Fsp3) is 0.246. The third-order valence-corrected chi connectivity index (χ3v) is 10.1. The average Bonchev–Trinajstić information content (AvgIpc) is 3.43. The fourth-order valence-corrected chi connectivity index (χ4v) is 6.29. The van der Waals surface area contributed by atoms with Crippen molar-refractivity contribution in [1.82, 2.24) is 0 Å². The maximum absolute atomic E-state index is 13.6. The van der Waals surface area contributed by atoms with E-state index >= 15 is 0 Å². The van der Waals surface area contributed by atoms with E-state index in [1.54, 1.807) is 60.7 Å². The Morgan fingerprint density at radius 1 is 0.320 bits per heavy atom. The summed E-state index contributed by atoms with van der Waals surface area (Å²) >= 11 is 0. The molecule has 5 aromatic rings. The first-order valence-corrected chi connectivity index (χ1v) is 23.7. The van der Waals surface area contributed by atoms with Gasteiger partial charge in [0.25, 0.3) is 0 Å². The largest absolute Gasteiger partial charge is 0.494 e. The lowest BCUT2D eigenvalue weighted by Crippen LogP contribution is -2.16. The molecule has 392 valence electrons. The maximum atomic E-state index is 13.6. The highest BCUT2D eigenvalue weighted by Crippen LogP contribution is 2.28. The molecule has 0 saturated carbocycles. The van der Waals surface area contributed by atoms with Gasteiger partial charge in [-0.15, -0.1) is 0 Å². The lowest BCUT2D eigenvalue weighted by Gasteiger charge is -2.13. The van der Waals surface area contributed by atoms with Crippen molar-refractivity contribution >= 4 is 41.8 Å². The molecular formula is C57H56O18. The van der Waals surface area contributed by atoms with E-state index in [-0.39, 0.29) is 73.6 Å². The standard InChI is InChI=1S/C57H56O18/c1-4-51(58)69-32-10-8-7-9-31-65-43-19-13-40(14-20-43)54(61)73-47-27-25-46(26-28-47)68-37-38-72-57(64)49-39-48(74-55(62)41-15-21-44(22-16-41)66-33-11-35-70-52(59)5-2)29-30-50(49)75-56(63)42-17-23-45(24-18-42)67-34-12-36-71-53(60)6-3/h4-6,13-30,39H,1-3,7-12,31-38H2. The van der Waals surface area contributed by atoms with Crippen molar-refractivity contribution in [3.05, 3.63) is 175 Å². The molecule has 18 heteroatoms. The molecule has 75 heavy (non-hydrogen) atoms. The van der Waals surface area contributed by atoms with Crippen LogP contribution in [0.4, 0.5) is 0 Å². The normalized spacial score (nSPS) is 10.3. The quantitative estimate of drug-likeness (QED) is 0.0129. The van der Waals surface area contributed by atoms with Gasteiger partial charge in [-0.25, -0.2) is 33.6 Å². The van der Waals surface area contributed by atoms with E-state index in [1.165, 1.54) is 54.6 Å². The third kappa shape index (κ3) is 20.5. The minimum Gasteiger partial charge on any atom is -0.494 e. The first-order chi connectivity index (χ1) is 36.4. The van der Waals surface area contributed by atoms with Crippen molar-refractivity contribution in [2.45, 2.75) is 38.5 Å². The smallest absolute Gasteiger partial charge is 0.343 e. The van der Waals surface area contributed by atoms with Gasteiger partial charge in [-0.05, 0) is 141 Å². The molecule has 0 aliphatic rings. The second kappa shape index (κ2) is 31.3. The van der Waals surface area contributed by atoms with E-state index in [2.05, 4.69) is 19.7 Å². The summed E-state index contributed by atoms with van der Waals surface area (Å²) < 4.78 is 59.8. The fourth-order valence-electron chi connectivity index (χ4n) is 6.29. The van der Waals surface area contributed by atoms with Crippen molar-refractivity contribution in [2.75, 3.05) is 52.9 Å². The predicted molar refractivity (Wildman–Crippen MR) is 271 cm³/mol. The molecule has 0 atom stereocenters. The number of rotatable bonds is 32. The number of hydrogen-bond acceptors (Lipinski definition) is 18. The van der Waals surface area contributed by atoms with Gasteiger partial charge in [0.2, 0.25) is 0 Å². The van der Waals surface area contributed by atoms with Crippen LogP contribution in [0.3, 0.4) is 0 Å². The van der Waals surface area contributed by atoms with Gasteiger partial charge in [0, 0.05) is 31.1 Å². The van der Waals surface area contributed by atoms with Gasteiger partial charge in [0.1, 0.15) is 59.0 Å². The topological polar surface area (TPSA) is 221 Å². The first-order valence-electron chi connectivity index (χ1n) is 23.7. The van der Waals surface area contributed by atoms with E-state index in [9.17, 15) is 33.6 Å². The van der Waals surface area contributed by atoms with Gasteiger partial charge in [-0.2, -0.15) is 0 Å². The van der Waals surface area contributed by atoms with Crippen LogP contribution in [-0.4, -0.2) is 94.6 Å². The summed E-state index contributed by atoms with van der Waals surface area (Å²) in [6.07, 6.45) is 7.49. The molecule has 0 aromatic heterocycles. The van der Waals surface area contributed by atoms with E-state index in [0.717, 1.165) is 43.9 Å². The lowest BCUT2D eigenvalue weighted by atomic mass is 10.1. The van der Waals surface area contributed by atoms with Crippen LogP contribution in [0.25, 0.3) is 0 Å². The number of carbonyl (C=O) groups excluding carboxylic acids is 7. The monoisotopic (exact) mass is 1030 g/mol. The summed E-state index contributed by atoms with van der Waals surface area (Å²) in [7, 11) is 0. The molecule has 0 amide bonds. The zero-order valence-corrected chi connectivity index (χ0v) is 41.1. The minimum atomic E-state index is -0.929. The Kier molecular flexibility index (Phi) is 23.7. The molecule has 5 rings (SSSR count). The van der Waals surface area contributed by atoms with Crippen LogP contribution in [0.2, 0.25) is 0 Å². The number of esters is 7. The van der Waals surface area contributed by atoms with Crippen molar-refractivity contribution in [2.24, 2.45) is 0 Å². The number of carbonyl (C=O) groups is 7. The van der Waals surface area contributed by atoms with Gasteiger partial charge < -0.3 is 52.1 Å². The Morgan fingerprint density at radius 2 is 0.667 bits per heavy atom. The van der Waals surface area contributed by atoms with Crippen molar-refractivity contribution in [3.8, 4) is 40.2 Å². The van der Waals surface area contributed by atoms with Crippen LogP contribution in [0.15, 0.2) is 153 Å². The molecule has 0 heterocycles. The molecular weight excluding hydrogens is 973 g/mol. The molecule has 0 aliphatic carbocycles. The average molecular weight is 1030 g/mol. The van der Waals surface area contributed by atoms with Crippen LogP contribution < -0.4 is 33.2 Å². The molecule has 0 aliphatic heterocycles. The van der Waals surface area contributed by atoms with Crippen molar-refractivity contribution < 1.29 is 85.7 Å². The van der Waals surface area contributed by atoms with Gasteiger partial charge in [0.15, 0.2) is 0 Å². The zero-order valence-electron chi connectivity index (χ0n) is 41.1. The maximum Gasteiger partial charge on any atom is 0.343 e. The number of unbranched alkanes of at least 4 members (excludes halogenated alkanes) is 3. The minimum absolute atomic E-state index is 0.0634. The molecule has 0 fully saturated rings. The van der Waals surface area contributed by atoms with Crippen LogP contribution in [-0.2, 0) is 33.3 Å². The molecule has 18 nitrogen and oxygen atoms in total. The first kappa shape index (κ1) is 56.7. The van der Waals surface area contributed by atoms with Gasteiger partial charge in [-0.1, -0.05) is 19.7 Å². The summed E-state index contributed by atoms with van der Waals surface area (Å²) in [4.78, 5) is 86.5. The summed E-state index contributed by atoms with van der Waals surface area (Å²) in [5.41, 5.74) is 0.358. The van der Waals surface area contributed by atoms with Crippen molar-refractivity contribution in [3.63, 3.8) is 0 Å². The lowest BCUT2D eigenvalue weighted by molar-refractivity contribution is -0.138. The highest BCUT2D eigenvalue weighted by molar-refractivity contribution is 5.97. The zero-order chi connectivity index (χ0) is 53.6. The van der Waals surface area contributed by atoms with E-state index < -0.39 is 41.8 Å². The summed E-state index contributed by atoms with van der Waals surface area (Å²) in [5, 5.41) is 0. The van der Waals surface area contributed by atoms with Gasteiger partial charge in [-0.3, -0.25) is 0 Å². The molecule has 0 bridgehead atoms. The van der Waals surface area contributed by atoms with E-state index in [0.29, 0.717) is 54.6 Å². The number of benzene rings is 5. The van der Waals surface area contributed by atoms with Gasteiger partial charge >= 0.3 is 41.8 Å². The number of hydrogen-bond donors (Lipinski definition) is 0. The van der Waals surface area contributed by atoms with Crippen LogP contribution >= 0.6 is 0 Å². The van der Waals surface area contributed by atoms with E-state index in [4.69, 9.17) is 52.1 Å². The molecule has 0 radical (unpaired) electrons. The summed E-state index contributed by atoms with van der Waals surface area (Å²) in [6.45, 7) is 11.3. The predicted octanol–water partition coefficient (Wildman–Crippen LogP) is 9.24. The highest BCUT2D eigenvalue weighted by Gasteiger charge is 2.21. The van der Waals surface area contributed by atoms with E-state index in [1.807, 2.05) is 0 Å². The van der Waals surface area contributed by atoms with Gasteiger partial charge in [0.05, 0.1) is 56.3 Å². The molecule has 0 saturated heterocycles. The summed E-state index contributed by atoms with van der Waals surface area (Å²) in [6, 6.07) is 28.7. The molecule has 0 N–H and O–H groups in total. The Hall–Kier alpha value is -9.19. The Labute approximate surface area is 433 Å². The third-order valence-electron chi connectivity index (χ3n) is 10.1. The molecule has 5 aromatic carbocycles. The molecule has 0 unspecified atom stereocenters. The Bertz CT molecular complexity index is 2710. The highest BCUT2D eigenvalue weighted by atomic mass is 16.6. The second-order valence-electron chi connectivity index (χ2n) is 15.6. The Morgan fingerprint density at radius 3 is 1.12 bits per heavy atom. The van der Waals surface area contributed by atoms with Crippen LogP contribution in [0.5, 0.6) is 40.2 Å². The Balaban J connectivity index is 1.13. The number of ether oxygens (including phenoxy) is 11. The summed E-state index contributed by atoms with van der Waals surface area (Å²) in [5.74, 6) is -2.71.